The molecule has 0 heterocycles. The van der Waals surface area contributed by atoms with Gasteiger partial charge in [-0.1, -0.05) is 26.0 Å². The van der Waals surface area contributed by atoms with E-state index in [-0.39, 0.29) is 11.5 Å². The summed E-state index contributed by atoms with van der Waals surface area (Å²) in [5, 5.41) is 9.88. The van der Waals surface area contributed by atoms with Gasteiger partial charge >= 0.3 is 0 Å². The molecular formula is C10H16O. The topological polar surface area (TPSA) is 20.2 Å². The molecule has 0 aromatic rings. The Morgan fingerprint density at radius 3 is 2.27 bits per heavy atom. The first-order chi connectivity index (χ1) is 5.12. The van der Waals surface area contributed by atoms with Gasteiger partial charge in [-0.15, -0.1) is 0 Å². The Kier molecular flexibility index (Phi) is 1.40. The molecule has 0 saturated heterocycles. The van der Waals surface area contributed by atoms with Gasteiger partial charge in [0.25, 0.3) is 0 Å². The molecule has 2 bridgehead atoms. The molecule has 3 aliphatic rings. The van der Waals surface area contributed by atoms with E-state index in [9.17, 15) is 5.11 Å². The van der Waals surface area contributed by atoms with Crippen LogP contribution in [-0.2, 0) is 0 Å². The van der Waals surface area contributed by atoms with Crippen molar-refractivity contribution in [3.8, 4) is 0 Å². The van der Waals surface area contributed by atoms with E-state index in [2.05, 4.69) is 26.0 Å². The van der Waals surface area contributed by atoms with Gasteiger partial charge in [-0.25, -0.2) is 0 Å². The maximum atomic E-state index is 9.88. The van der Waals surface area contributed by atoms with Crippen LogP contribution in [0, 0.1) is 17.3 Å². The summed E-state index contributed by atoms with van der Waals surface area (Å²) < 4.78 is 0. The van der Waals surface area contributed by atoms with Gasteiger partial charge in [-0.3, -0.25) is 0 Å². The van der Waals surface area contributed by atoms with Gasteiger partial charge in [0, 0.05) is 5.92 Å². The summed E-state index contributed by atoms with van der Waals surface area (Å²) in [6.07, 6.45) is 6.84. The normalized spacial score (nSPS) is 46.3. The monoisotopic (exact) mass is 152 g/mol. The minimum absolute atomic E-state index is 0.105. The van der Waals surface area contributed by atoms with Crippen molar-refractivity contribution in [2.45, 2.75) is 32.8 Å². The van der Waals surface area contributed by atoms with Crippen molar-refractivity contribution in [3.05, 3.63) is 12.2 Å². The van der Waals surface area contributed by atoms with Crippen LogP contribution >= 0.6 is 0 Å². The van der Waals surface area contributed by atoms with Gasteiger partial charge in [0.05, 0.1) is 6.10 Å². The van der Waals surface area contributed by atoms with Crippen LogP contribution < -0.4 is 0 Å². The van der Waals surface area contributed by atoms with Crippen molar-refractivity contribution in [3.63, 3.8) is 0 Å². The average Bonchev–Trinajstić information content (AvgIpc) is 2.01. The van der Waals surface area contributed by atoms with E-state index in [1.54, 1.807) is 0 Å². The second-order valence-electron chi connectivity index (χ2n) is 4.50. The second kappa shape index (κ2) is 2.10. The molecule has 1 saturated carbocycles. The van der Waals surface area contributed by atoms with E-state index in [1.165, 1.54) is 12.8 Å². The van der Waals surface area contributed by atoms with Crippen LogP contribution in [0.2, 0.25) is 0 Å². The Balaban J connectivity index is 2.34. The highest BCUT2D eigenvalue weighted by Gasteiger charge is 2.45. The highest BCUT2D eigenvalue weighted by atomic mass is 16.3. The molecule has 1 nitrogen and oxygen atoms in total. The lowest BCUT2D eigenvalue weighted by molar-refractivity contribution is -0.0504. The van der Waals surface area contributed by atoms with Gasteiger partial charge in [-0.05, 0) is 24.2 Å². The molecule has 0 amide bonds. The second-order valence-corrected chi connectivity index (χ2v) is 4.50. The number of aliphatic hydroxyl groups excluding tert-OH is 1. The van der Waals surface area contributed by atoms with Crippen molar-refractivity contribution >= 4 is 0 Å². The van der Waals surface area contributed by atoms with Gasteiger partial charge in [0.2, 0.25) is 0 Å². The lowest BCUT2D eigenvalue weighted by Crippen LogP contribution is -2.47. The zero-order chi connectivity index (χ0) is 8.06. The molecule has 1 fully saturated rings. The van der Waals surface area contributed by atoms with E-state index >= 15 is 0 Å². The molecule has 3 atom stereocenters. The first kappa shape index (κ1) is 7.35. The fraction of sp³-hybridized carbons (Fsp3) is 0.800. The van der Waals surface area contributed by atoms with Crippen LogP contribution in [0.15, 0.2) is 12.2 Å². The lowest BCUT2D eigenvalue weighted by atomic mass is 9.59. The number of fused-ring (bicyclic) bond motifs is 2. The predicted octanol–water partition coefficient (Wildman–Crippen LogP) is 1.97. The van der Waals surface area contributed by atoms with Crippen molar-refractivity contribution in [2.75, 3.05) is 0 Å². The van der Waals surface area contributed by atoms with Crippen LogP contribution in [0.5, 0.6) is 0 Å². The smallest absolute Gasteiger partial charge is 0.0659 e. The van der Waals surface area contributed by atoms with Crippen molar-refractivity contribution in [2.24, 2.45) is 17.3 Å². The maximum absolute atomic E-state index is 9.88. The molecule has 1 heteroatoms. The number of hydrogen-bond donors (Lipinski definition) is 1. The Labute approximate surface area is 68.1 Å². The molecule has 0 unspecified atom stereocenters. The van der Waals surface area contributed by atoms with Crippen molar-refractivity contribution in [1.29, 1.82) is 0 Å². The highest BCUT2D eigenvalue weighted by molar-refractivity contribution is 5.13. The third kappa shape index (κ3) is 0.871. The van der Waals surface area contributed by atoms with Crippen LogP contribution in [-0.4, -0.2) is 11.2 Å². The fourth-order valence-electron chi connectivity index (χ4n) is 2.50. The average molecular weight is 152 g/mol. The van der Waals surface area contributed by atoms with Crippen LogP contribution in [0.3, 0.4) is 0 Å². The molecule has 0 aromatic heterocycles. The highest BCUT2D eigenvalue weighted by Crippen LogP contribution is 2.48. The lowest BCUT2D eigenvalue weighted by Gasteiger charge is -2.48. The largest absolute Gasteiger partial charge is 0.392 e. The Bertz CT molecular complexity index is 193. The quantitative estimate of drug-likeness (QED) is 0.526. The SMILES string of the molecule is CC1(C)[C@H](O)[C@@H]2C=C[C@H]1CC2. The molecule has 0 radical (unpaired) electrons. The third-order valence-electron chi connectivity index (χ3n) is 3.53. The van der Waals surface area contributed by atoms with Crippen molar-refractivity contribution < 1.29 is 5.11 Å². The summed E-state index contributed by atoms with van der Waals surface area (Å²) in [5.41, 5.74) is 0.123. The minimum Gasteiger partial charge on any atom is -0.392 e. The van der Waals surface area contributed by atoms with Crippen LogP contribution in [0.25, 0.3) is 0 Å². The van der Waals surface area contributed by atoms with E-state index < -0.39 is 0 Å². The van der Waals surface area contributed by atoms with Gasteiger partial charge < -0.3 is 5.11 Å². The summed E-state index contributed by atoms with van der Waals surface area (Å²) >= 11 is 0. The van der Waals surface area contributed by atoms with Crippen LogP contribution in [0.4, 0.5) is 0 Å². The summed E-state index contributed by atoms with van der Waals surface area (Å²) in [5.74, 6) is 1.05. The zero-order valence-corrected chi connectivity index (χ0v) is 7.25. The summed E-state index contributed by atoms with van der Waals surface area (Å²) in [7, 11) is 0. The molecular weight excluding hydrogens is 136 g/mol. The fourth-order valence-corrected chi connectivity index (χ4v) is 2.50. The standard InChI is InChI=1S/C10H16O/c1-10(2)8-5-3-7(4-6-8)9(10)11/h3,5,7-9,11H,4,6H2,1-2H3/t7-,8+,9-/m1/s1. The Morgan fingerprint density at radius 2 is 2.00 bits per heavy atom. The molecule has 11 heavy (non-hydrogen) atoms. The zero-order valence-electron chi connectivity index (χ0n) is 7.25. The molecule has 1 N–H and O–H groups in total. The molecule has 62 valence electrons. The summed E-state index contributed by atoms with van der Waals surface area (Å²) in [4.78, 5) is 0. The van der Waals surface area contributed by atoms with E-state index in [0.717, 1.165) is 0 Å². The maximum Gasteiger partial charge on any atom is 0.0659 e. The Morgan fingerprint density at radius 1 is 1.27 bits per heavy atom. The predicted molar refractivity (Wildman–Crippen MR) is 45.1 cm³/mol. The van der Waals surface area contributed by atoms with Gasteiger partial charge in [-0.2, -0.15) is 0 Å². The number of rotatable bonds is 0. The van der Waals surface area contributed by atoms with Gasteiger partial charge in [0.1, 0.15) is 0 Å². The van der Waals surface area contributed by atoms with E-state index in [4.69, 9.17) is 0 Å². The van der Waals surface area contributed by atoms with E-state index in [0.29, 0.717) is 11.8 Å². The summed E-state index contributed by atoms with van der Waals surface area (Å²) in [6, 6.07) is 0. The third-order valence-corrected chi connectivity index (χ3v) is 3.53. The molecule has 3 aliphatic carbocycles. The van der Waals surface area contributed by atoms with E-state index in [1.807, 2.05) is 0 Å². The first-order valence-electron chi connectivity index (χ1n) is 4.49. The molecule has 0 spiro atoms. The molecule has 3 rings (SSSR count). The summed E-state index contributed by atoms with van der Waals surface area (Å²) in [6.45, 7) is 4.36. The number of allylic oxidation sites excluding steroid dienone is 1. The first-order valence-corrected chi connectivity index (χ1v) is 4.49. The Hall–Kier alpha value is -0.300. The molecule has 0 aromatic carbocycles. The van der Waals surface area contributed by atoms with Crippen molar-refractivity contribution in [1.82, 2.24) is 0 Å². The van der Waals surface area contributed by atoms with Gasteiger partial charge in [0.15, 0.2) is 0 Å². The molecule has 0 aliphatic heterocycles. The van der Waals surface area contributed by atoms with Crippen LogP contribution in [0.1, 0.15) is 26.7 Å². The minimum atomic E-state index is -0.105. The number of aliphatic hydroxyl groups is 1. The number of hydrogen-bond acceptors (Lipinski definition) is 1.